The lowest BCUT2D eigenvalue weighted by Gasteiger charge is -2.23. The average Bonchev–Trinajstić information content (AvgIpc) is 2.02. The number of alkyl halides is 1. The third kappa shape index (κ3) is 7.64. The molecule has 0 saturated heterocycles. The maximum absolute atomic E-state index is 6.21. The normalized spacial score (nSPS) is 14.8. The van der Waals surface area contributed by atoms with Crippen LogP contribution in [0.3, 0.4) is 0 Å². The third-order valence-corrected chi connectivity index (χ3v) is 2.97. The highest BCUT2D eigenvalue weighted by molar-refractivity contribution is 6.20. The van der Waals surface area contributed by atoms with Crippen LogP contribution in [0.4, 0.5) is 0 Å². The van der Waals surface area contributed by atoms with Crippen LogP contribution < -0.4 is 0 Å². The van der Waals surface area contributed by atoms with E-state index in [4.69, 9.17) is 16.3 Å². The van der Waals surface area contributed by atoms with E-state index in [1.807, 2.05) is 0 Å². The monoisotopic (exact) mass is 220 g/mol. The van der Waals surface area contributed by atoms with Gasteiger partial charge in [0.2, 0.25) is 0 Å². The van der Waals surface area contributed by atoms with Crippen LogP contribution in [0.25, 0.3) is 0 Å². The van der Waals surface area contributed by atoms with Crippen molar-refractivity contribution in [2.45, 2.75) is 64.4 Å². The fourth-order valence-electron chi connectivity index (χ4n) is 1.48. The highest BCUT2D eigenvalue weighted by Gasteiger charge is 2.16. The molecule has 1 atom stereocenters. The molecule has 0 bridgehead atoms. The Labute approximate surface area is 94.2 Å². The summed E-state index contributed by atoms with van der Waals surface area (Å²) in [5.74, 6) is 0.702. The van der Waals surface area contributed by atoms with E-state index in [1.165, 1.54) is 0 Å². The smallest absolute Gasteiger partial charge is 0.0622 e. The molecule has 0 heterocycles. The maximum atomic E-state index is 6.21. The molecule has 0 aliphatic heterocycles. The van der Waals surface area contributed by atoms with Gasteiger partial charge in [-0.15, -0.1) is 11.6 Å². The molecule has 0 aliphatic rings. The Morgan fingerprint density at radius 1 is 1.29 bits per heavy atom. The van der Waals surface area contributed by atoms with E-state index in [1.54, 1.807) is 7.11 Å². The first-order valence-electron chi connectivity index (χ1n) is 5.56. The van der Waals surface area contributed by atoms with E-state index < -0.39 is 0 Å². The number of hydrogen-bond donors (Lipinski definition) is 0. The van der Waals surface area contributed by atoms with Crippen molar-refractivity contribution in [1.82, 2.24) is 0 Å². The number of hydrogen-bond acceptors (Lipinski definition) is 1. The third-order valence-electron chi connectivity index (χ3n) is 2.58. The summed E-state index contributed by atoms with van der Waals surface area (Å²) in [5.41, 5.74) is 0.00837. The first kappa shape index (κ1) is 14.2. The molecule has 0 aromatic rings. The molecule has 0 saturated carbocycles. The van der Waals surface area contributed by atoms with Crippen molar-refractivity contribution in [1.29, 1.82) is 0 Å². The SMILES string of the molecule is COC(C)(C)CCCC(Cl)CC(C)C. The van der Waals surface area contributed by atoms with Gasteiger partial charge in [0.25, 0.3) is 0 Å². The number of halogens is 1. The zero-order valence-corrected chi connectivity index (χ0v) is 11.0. The number of rotatable bonds is 7. The minimum Gasteiger partial charge on any atom is -0.379 e. The first-order chi connectivity index (χ1) is 6.37. The first-order valence-corrected chi connectivity index (χ1v) is 6.00. The van der Waals surface area contributed by atoms with Crippen molar-refractivity contribution in [2.24, 2.45) is 5.92 Å². The van der Waals surface area contributed by atoms with E-state index in [-0.39, 0.29) is 5.60 Å². The van der Waals surface area contributed by atoms with Crippen LogP contribution in [-0.4, -0.2) is 18.1 Å². The van der Waals surface area contributed by atoms with Crippen LogP contribution >= 0.6 is 11.6 Å². The second-order valence-electron chi connectivity index (χ2n) is 5.08. The topological polar surface area (TPSA) is 9.23 Å². The van der Waals surface area contributed by atoms with Gasteiger partial charge in [-0.25, -0.2) is 0 Å². The molecule has 0 aliphatic carbocycles. The van der Waals surface area contributed by atoms with Crippen LogP contribution in [-0.2, 0) is 4.74 Å². The summed E-state index contributed by atoms with van der Waals surface area (Å²) in [6.45, 7) is 8.68. The van der Waals surface area contributed by atoms with E-state index in [2.05, 4.69) is 27.7 Å². The van der Waals surface area contributed by atoms with Gasteiger partial charge in [-0.1, -0.05) is 13.8 Å². The maximum Gasteiger partial charge on any atom is 0.0622 e. The summed E-state index contributed by atoms with van der Waals surface area (Å²) in [5, 5.41) is 0.336. The minimum atomic E-state index is 0.00837. The fourth-order valence-corrected chi connectivity index (χ4v) is 1.99. The van der Waals surface area contributed by atoms with Gasteiger partial charge in [-0.2, -0.15) is 0 Å². The summed E-state index contributed by atoms with van der Waals surface area (Å²) in [6, 6.07) is 0. The van der Waals surface area contributed by atoms with Crippen molar-refractivity contribution in [3.8, 4) is 0 Å². The molecule has 1 nitrogen and oxygen atoms in total. The fraction of sp³-hybridized carbons (Fsp3) is 1.00. The molecular formula is C12H25ClO. The van der Waals surface area contributed by atoms with Gasteiger partial charge in [0.1, 0.15) is 0 Å². The Kier molecular flexibility index (Phi) is 6.80. The highest BCUT2D eigenvalue weighted by Crippen LogP contribution is 2.21. The molecule has 86 valence electrons. The van der Waals surface area contributed by atoms with Gasteiger partial charge in [0.15, 0.2) is 0 Å². The van der Waals surface area contributed by atoms with Gasteiger partial charge in [0, 0.05) is 12.5 Å². The average molecular weight is 221 g/mol. The van der Waals surface area contributed by atoms with E-state index in [0.717, 1.165) is 25.7 Å². The minimum absolute atomic E-state index is 0.00837. The molecule has 0 N–H and O–H groups in total. The molecule has 0 radical (unpaired) electrons. The Morgan fingerprint density at radius 2 is 1.86 bits per heavy atom. The molecule has 0 aromatic carbocycles. The molecule has 1 unspecified atom stereocenters. The number of methoxy groups -OCH3 is 1. The second kappa shape index (κ2) is 6.68. The Hall–Kier alpha value is 0.250. The standard InChI is InChI=1S/C12H25ClO/c1-10(2)9-11(13)7-6-8-12(3,4)14-5/h10-11H,6-9H2,1-5H3. The van der Waals surface area contributed by atoms with Gasteiger partial charge in [-0.3, -0.25) is 0 Å². The molecule has 0 aromatic heterocycles. The van der Waals surface area contributed by atoms with Crippen molar-refractivity contribution >= 4 is 11.6 Å². The van der Waals surface area contributed by atoms with Crippen molar-refractivity contribution in [2.75, 3.05) is 7.11 Å². The van der Waals surface area contributed by atoms with Crippen LogP contribution in [0.15, 0.2) is 0 Å². The quantitative estimate of drug-likeness (QED) is 0.584. The highest BCUT2D eigenvalue weighted by atomic mass is 35.5. The summed E-state index contributed by atoms with van der Waals surface area (Å²) in [4.78, 5) is 0. The van der Waals surface area contributed by atoms with Gasteiger partial charge in [0.05, 0.1) is 5.60 Å². The predicted octanol–water partition coefficient (Wildman–Crippen LogP) is 4.24. The molecule has 0 fully saturated rings. The van der Waals surface area contributed by atoms with Crippen molar-refractivity contribution < 1.29 is 4.74 Å². The van der Waals surface area contributed by atoms with Gasteiger partial charge >= 0.3 is 0 Å². The van der Waals surface area contributed by atoms with Crippen LogP contribution in [0, 0.1) is 5.92 Å². The van der Waals surface area contributed by atoms with Crippen molar-refractivity contribution in [3.05, 3.63) is 0 Å². The summed E-state index contributed by atoms with van der Waals surface area (Å²) >= 11 is 6.21. The second-order valence-corrected chi connectivity index (χ2v) is 5.70. The summed E-state index contributed by atoms with van der Waals surface area (Å²) in [7, 11) is 1.77. The zero-order valence-electron chi connectivity index (χ0n) is 10.3. The lowest BCUT2D eigenvalue weighted by Crippen LogP contribution is -2.22. The number of ether oxygens (including phenoxy) is 1. The predicted molar refractivity (Wildman–Crippen MR) is 64.0 cm³/mol. The summed E-state index contributed by atoms with van der Waals surface area (Å²) < 4.78 is 5.36. The Bertz CT molecular complexity index is 143. The summed E-state index contributed by atoms with van der Waals surface area (Å²) in [6.07, 6.45) is 4.47. The molecule has 0 rings (SSSR count). The van der Waals surface area contributed by atoms with Crippen molar-refractivity contribution in [3.63, 3.8) is 0 Å². The van der Waals surface area contributed by atoms with E-state index >= 15 is 0 Å². The molecular weight excluding hydrogens is 196 g/mol. The van der Waals surface area contributed by atoms with Gasteiger partial charge in [-0.05, 0) is 45.4 Å². The molecule has 0 amide bonds. The van der Waals surface area contributed by atoms with Crippen LogP contribution in [0.5, 0.6) is 0 Å². The van der Waals surface area contributed by atoms with Crippen LogP contribution in [0.2, 0.25) is 0 Å². The Balaban J connectivity index is 3.53. The molecule has 2 heteroatoms. The van der Waals surface area contributed by atoms with Gasteiger partial charge < -0.3 is 4.74 Å². The van der Waals surface area contributed by atoms with E-state index in [9.17, 15) is 0 Å². The lowest BCUT2D eigenvalue weighted by atomic mass is 9.98. The van der Waals surface area contributed by atoms with Crippen LogP contribution in [0.1, 0.15) is 53.4 Å². The largest absolute Gasteiger partial charge is 0.379 e. The van der Waals surface area contributed by atoms with E-state index in [0.29, 0.717) is 11.3 Å². The molecule has 14 heavy (non-hydrogen) atoms. The molecule has 0 spiro atoms. The lowest BCUT2D eigenvalue weighted by molar-refractivity contribution is 0.0134. The Morgan fingerprint density at radius 3 is 2.29 bits per heavy atom. The zero-order chi connectivity index (χ0) is 11.2.